The Balaban J connectivity index is 1.49. The van der Waals surface area contributed by atoms with Crippen LogP contribution in [0.2, 0.25) is 0 Å². The van der Waals surface area contributed by atoms with Gasteiger partial charge in [-0.05, 0) is 96.9 Å². The van der Waals surface area contributed by atoms with E-state index in [0.717, 1.165) is 21.2 Å². The van der Waals surface area contributed by atoms with E-state index in [2.05, 4.69) is 124 Å². The molecule has 30 heavy (non-hydrogen) atoms. The summed E-state index contributed by atoms with van der Waals surface area (Å²) in [6, 6.07) is 25.4. The highest BCUT2D eigenvalue weighted by atomic mass is 79.9. The molecule has 0 radical (unpaired) electrons. The fourth-order valence-electron chi connectivity index (χ4n) is 3.54. The van der Waals surface area contributed by atoms with Gasteiger partial charge in [0.1, 0.15) is 12.4 Å². The average Bonchev–Trinajstić information content (AvgIpc) is 2.74. The molecule has 0 saturated heterocycles. The summed E-state index contributed by atoms with van der Waals surface area (Å²) in [6.07, 6.45) is 0. The van der Waals surface area contributed by atoms with Crippen molar-refractivity contribution in [3.63, 3.8) is 0 Å². The zero-order valence-electron chi connectivity index (χ0n) is 17.0. The van der Waals surface area contributed by atoms with Gasteiger partial charge in [0.05, 0.1) is 8.95 Å². The Morgan fingerprint density at radius 3 is 2.37 bits per heavy atom. The molecule has 0 amide bonds. The van der Waals surface area contributed by atoms with Crippen LogP contribution in [0, 0.1) is 13.8 Å². The second-order valence-corrected chi connectivity index (χ2v) is 9.20. The minimum absolute atomic E-state index is 0.513. The van der Waals surface area contributed by atoms with Gasteiger partial charge in [0, 0.05) is 12.2 Å². The van der Waals surface area contributed by atoms with Crippen molar-refractivity contribution >= 4 is 48.3 Å². The summed E-state index contributed by atoms with van der Waals surface area (Å²) in [5.41, 5.74) is 6.01. The maximum atomic E-state index is 6.20. The Labute approximate surface area is 194 Å². The molecule has 0 unspecified atom stereocenters. The fourth-order valence-corrected chi connectivity index (χ4v) is 5.05. The minimum atomic E-state index is 0.513. The molecular weight excluding hydrogens is 502 g/mol. The molecule has 4 rings (SSSR count). The average molecular weight is 525 g/mol. The zero-order chi connectivity index (χ0) is 21.1. The summed E-state index contributed by atoms with van der Waals surface area (Å²) in [4.78, 5) is 0. The van der Waals surface area contributed by atoms with Crippen LogP contribution in [0.15, 0.2) is 81.7 Å². The molecule has 0 aliphatic heterocycles. The van der Waals surface area contributed by atoms with Crippen LogP contribution in [0.4, 0.5) is 5.69 Å². The summed E-state index contributed by atoms with van der Waals surface area (Å²) in [6.45, 7) is 5.49. The molecule has 0 aliphatic carbocycles. The van der Waals surface area contributed by atoms with Crippen LogP contribution in [-0.4, -0.2) is 0 Å². The molecule has 4 aromatic carbocycles. The van der Waals surface area contributed by atoms with Gasteiger partial charge < -0.3 is 10.1 Å². The number of fused-ring (bicyclic) bond motifs is 1. The minimum Gasteiger partial charge on any atom is -0.487 e. The summed E-state index contributed by atoms with van der Waals surface area (Å²) in [5, 5.41) is 5.99. The van der Waals surface area contributed by atoms with Gasteiger partial charge in [-0.1, -0.05) is 54.6 Å². The summed E-state index contributed by atoms with van der Waals surface area (Å²) >= 11 is 7.38. The van der Waals surface area contributed by atoms with Crippen molar-refractivity contribution < 1.29 is 4.74 Å². The predicted octanol–water partition coefficient (Wildman–Crippen LogP) is 8.17. The number of benzene rings is 4. The van der Waals surface area contributed by atoms with Gasteiger partial charge in [0.25, 0.3) is 0 Å². The van der Waals surface area contributed by atoms with E-state index in [1.54, 1.807) is 0 Å². The molecule has 0 fully saturated rings. The van der Waals surface area contributed by atoms with E-state index < -0.39 is 0 Å². The van der Waals surface area contributed by atoms with E-state index in [0.29, 0.717) is 6.61 Å². The van der Waals surface area contributed by atoms with Crippen LogP contribution in [0.1, 0.15) is 22.3 Å². The van der Waals surface area contributed by atoms with Crippen LogP contribution in [0.25, 0.3) is 10.8 Å². The maximum Gasteiger partial charge on any atom is 0.148 e. The van der Waals surface area contributed by atoms with Crippen molar-refractivity contribution in [2.75, 3.05) is 5.32 Å². The first kappa shape index (κ1) is 21.0. The molecule has 0 heterocycles. The van der Waals surface area contributed by atoms with Crippen molar-refractivity contribution in [1.29, 1.82) is 0 Å². The summed E-state index contributed by atoms with van der Waals surface area (Å²) in [7, 11) is 0. The van der Waals surface area contributed by atoms with Crippen molar-refractivity contribution in [3.8, 4) is 5.75 Å². The Hall–Kier alpha value is -2.30. The molecular formula is C26H23Br2NO. The topological polar surface area (TPSA) is 21.3 Å². The molecule has 4 aromatic rings. The Kier molecular flexibility index (Phi) is 6.45. The molecule has 0 atom stereocenters. The number of aryl methyl sites for hydroxylation is 2. The lowest BCUT2D eigenvalue weighted by Gasteiger charge is -2.15. The highest BCUT2D eigenvalue weighted by Gasteiger charge is 2.11. The predicted molar refractivity (Wildman–Crippen MR) is 133 cm³/mol. The van der Waals surface area contributed by atoms with Gasteiger partial charge in [-0.2, -0.15) is 0 Å². The van der Waals surface area contributed by atoms with Gasteiger partial charge in [0.15, 0.2) is 0 Å². The monoisotopic (exact) mass is 523 g/mol. The largest absolute Gasteiger partial charge is 0.487 e. The number of nitrogens with one attached hydrogen (secondary N) is 1. The SMILES string of the molecule is Cc1ccc(C)c(NCc2cc(Br)c(OCc3cccc4ccccc34)c(Br)c2)c1. The van der Waals surface area contributed by atoms with Crippen LogP contribution in [0.5, 0.6) is 5.75 Å². The lowest BCUT2D eigenvalue weighted by atomic mass is 10.1. The normalized spacial score (nSPS) is 10.9. The van der Waals surface area contributed by atoms with Gasteiger partial charge in [-0.15, -0.1) is 0 Å². The van der Waals surface area contributed by atoms with Crippen molar-refractivity contribution in [2.24, 2.45) is 0 Å². The molecule has 0 saturated carbocycles. The number of hydrogen-bond acceptors (Lipinski definition) is 2. The fraction of sp³-hybridized carbons (Fsp3) is 0.154. The molecule has 1 N–H and O–H groups in total. The molecule has 2 nitrogen and oxygen atoms in total. The van der Waals surface area contributed by atoms with Crippen LogP contribution >= 0.6 is 31.9 Å². The third-order valence-corrected chi connectivity index (χ3v) is 6.36. The lowest BCUT2D eigenvalue weighted by Crippen LogP contribution is -2.03. The summed E-state index contributed by atoms with van der Waals surface area (Å²) < 4.78 is 8.08. The van der Waals surface area contributed by atoms with Gasteiger partial charge in [-0.25, -0.2) is 0 Å². The van der Waals surface area contributed by atoms with Gasteiger partial charge >= 0.3 is 0 Å². The van der Waals surface area contributed by atoms with Crippen LogP contribution < -0.4 is 10.1 Å². The summed E-state index contributed by atoms with van der Waals surface area (Å²) in [5.74, 6) is 0.818. The zero-order valence-corrected chi connectivity index (χ0v) is 20.2. The lowest BCUT2D eigenvalue weighted by molar-refractivity contribution is 0.303. The molecule has 0 aromatic heterocycles. The van der Waals surface area contributed by atoms with E-state index in [-0.39, 0.29) is 0 Å². The second kappa shape index (κ2) is 9.23. The van der Waals surface area contributed by atoms with Gasteiger partial charge in [-0.3, -0.25) is 0 Å². The third kappa shape index (κ3) is 4.71. The van der Waals surface area contributed by atoms with E-state index in [9.17, 15) is 0 Å². The first-order valence-corrected chi connectivity index (χ1v) is 11.5. The van der Waals surface area contributed by atoms with Crippen molar-refractivity contribution in [2.45, 2.75) is 27.0 Å². The number of rotatable bonds is 6. The first-order valence-electron chi connectivity index (χ1n) is 9.90. The smallest absolute Gasteiger partial charge is 0.148 e. The number of anilines is 1. The van der Waals surface area contributed by atoms with Gasteiger partial charge in [0.2, 0.25) is 0 Å². The Morgan fingerprint density at radius 1 is 0.833 bits per heavy atom. The second-order valence-electron chi connectivity index (χ2n) is 7.49. The van der Waals surface area contributed by atoms with E-state index in [4.69, 9.17) is 4.74 Å². The van der Waals surface area contributed by atoms with E-state index in [1.165, 1.54) is 38.7 Å². The van der Waals surface area contributed by atoms with Crippen molar-refractivity contribution in [1.82, 2.24) is 0 Å². The molecule has 0 spiro atoms. The highest BCUT2D eigenvalue weighted by molar-refractivity contribution is 9.11. The van der Waals surface area contributed by atoms with Crippen LogP contribution in [0.3, 0.4) is 0 Å². The number of hydrogen-bond donors (Lipinski definition) is 1. The quantitative estimate of drug-likeness (QED) is 0.274. The Morgan fingerprint density at radius 2 is 1.57 bits per heavy atom. The Bertz CT molecular complexity index is 1170. The number of ether oxygens (including phenoxy) is 1. The molecule has 152 valence electrons. The molecule has 0 bridgehead atoms. The maximum absolute atomic E-state index is 6.20. The molecule has 4 heteroatoms. The van der Waals surface area contributed by atoms with Crippen molar-refractivity contribution in [3.05, 3.63) is 104 Å². The van der Waals surface area contributed by atoms with E-state index in [1.807, 2.05) is 0 Å². The van der Waals surface area contributed by atoms with Crippen LogP contribution in [-0.2, 0) is 13.2 Å². The first-order chi connectivity index (χ1) is 14.5. The highest BCUT2D eigenvalue weighted by Crippen LogP contribution is 2.36. The standard InChI is InChI=1S/C26H23Br2NO/c1-17-10-11-18(2)25(12-17)29-15-19-13-23(27)26(24(28)14-19)30-16-21-8-5-7-20-6-3-4-9-22(20)21/h3-14,29H,15-16H2,1-2H3. The van der Waals surface area contributed by atoms with E-state index >= 15 is 0 Å². The molecule has 0 aliphatic rings. The number of halogens is 2. The third-order valence-electron chi connectivity index (χ3n) is 5.19.